The number of carbonyl (C=O) groups is 2. The van der Waals surface area contributed by atoms with Crippen LogP contribution in [0.2, 0.25) is 5.02 Å². The van der Waals surface area contributed by atoms with E-state index in [1.54, 1.807) is 31.2 Å². The molecule has 2 aromatic rings. The maximum Gasteiger partial charge on any atom is 0.338 e. The molecule has 0 aromatic heterocycles. The van der Waals surface area contributed by atoms with E-state index in [1.165, 1.54) is 16.4 Å². The predicted molar refractivity (Wildman–Crippen MR) is 117 cm³/mol. The van der Waals surface area contributed by atoms with Crippen LogP contribution in [0.15, 0.2) is 47.4 Å². The Hall–Kier alpha value is -2.42. The van der Waals surface area contributed by atoms with Gasteiger partial charge < -0.3 is 10.1 Å². The van der Waals surface area contributed by atoms with E-state index in [-0.39, 0.29) is 17.0 Å². The fourth-order valence-corrected chi connectivity index (χ4v) is 5.34. The highest BCUT2D eigenvalue weighted by atomic mass is 35.5. The lowest BCUT2D eigenvalue weighted by Gasteiger charge is -2.26. The molecule has 0 spiro atoms. The first-order valence-corrected chi connectivity index (χ1v) is 11.9. The quantitative estimate of drug-likeness (QED) is 0.634. The Kier molecular flexibility index (Phi) is 7.69. The third-order valence-corrected chi connectivity index (χ3v) is 7.35. The van der Waals surface area contributed by atoms with Crippen LogP contribution in [0.3, 0.4) is 0 Å². The van der Waals surface area contributed by atoms with E-state index in [0.717, 1.165) is 24.8 Å². The molecule has 0 saturated carbocycles. The monoisotopic (exact) mass is 464 g/mol. The van der Waals surface area contributed by atoms with Gasteiger partial charge in [-0.3, -0.25) is 4.79 Å². The molecule has 3 rings (SSSR count). The minimum absolute atomic E-state index is 0.0869. The highest BCUT2D eigenvalue weighted by Gasteiger charge is 2.28. The second-order valence-corrected chi connectivity index (χ2v) is 9.77. The lowest BCUT2D eigenvalue weighted by Crippen LogP contribution is -2.36. The molecule has 7 nitrogen and oxygen atoms in total. The van der Waals surface area contributed by atoms with Crippen molar-refractivity contribution in [3.05, 3.63) is 64.2 Å². The smallest absolute Gasteiger partial charge is 0.338 e. The van der Waals surface area contributed by atoms with Crippen molar-refractivity contribution in [1.82, 2.24) is 9.62 Å². The van der Waals surface area contributed by atoms with Gasteiger partial charge in [-0.1, -0.05) is 36.2 Å². The normalized spacial score (nSPS) is 14.8. The van der Waals surface area contributed by atoms with E-state index >= 15 is 0 Å². The number of rotatable bonds is 7. The lowest BCUT2D eigenvalue weighted by molar-refractivity contribution is -0.124. The number of esters is 1. The first-order valence-electron chi connectivity index (χ1n) is 10.1. The van der Waals surface area contributed by atoms with Gasteiger partial charge in [-0.05, 0) is 55.2 Å². The van der Waals surface area contributed by atoms with Crippen molar-refractivity contribution in [3.63, 3.8) is 0 Å². The molecule has 1 saturated heterocycles. The zero-order chi connectivity index (χ0) is 22.4. The summed E-state index contributed by atoms with van der Waals surface area (Å²) in [4.78, 5) is 24.5. The van der Waals surface area contributed by atoms with Crippen LogP contribution in [0.4, 0.5) is 0 Å². The molecule has 0 radical (unpaired) electrons. The molecule has 1 heterocycles. The molecule has 0 atom stereocenters. The van der Waals surface area contributed by atoms with E-state index in [1.807, 2.05) is 6.07 Å². The van der Waals surface area contributed by atoms with Gasteiger partial charge in [0.15, 0.2) is 6.61 Å². The Bertz CT molecular complexity index is 1070. The Balaban J connectivity index is 1.61. The van der Waals surface area contributed by atoms with E-state index in [9.17, 15) is 18.0 Å². The van der Waals surface area contributed by atoms with E-state index in [2.05, 4.69) is 5.32 Å². The van der Waals surface area contributed by atoms with Gasteiger partial charge in [0.1, 0.15) is 0 Å². The molecule has 9 heteroatoms. The van der Waals surface area contributed by atoms with Crippen molar-refractivity contribution in [2.45, 2.75) is 37.6 Å². The number of aryl methyl sites for hydroxylation is 1. The molecule has 1 amide bonds. The molecule has 166 valence electrons. The number of sulfonamides is 1. The van der Waals surface area contributed by atoms with Gasteiger partial charge in [0.25, 0.3) is 5.91 Å². The average molecular weight is 465 g/mol. The Morgan fingerprint density at radius 1 is 1.10 bits per heavy atom. The third-order valence-electron chi connectivity index (χ3n) is 5.07. The van der Waals surface area contributed by atoms with Crippen LogP contribution in [0.1, 0.15) is 40.7 Å². The molecule has 1 fully saturated rings. The summed E-state index contributed by atoms with van der Waals surface area (Å²) in [5.41, 5.74) is 1.46. The van der Waals surface area contributed by atoms with Gasteiger partial charge in [0.2, 0.25) is 10.0 Å². The molecule has 1 N–H and O–H groups in total. The molecule has 0 bridgehead atoms. The summed E-state index contributed by atoms with van der Waals surface area (Å²) in [6.45, 7) is 2.42. The number of nitrogens with zero attached hydrogens (tertiary/aromatic N) is 1. The van der Waals surface area contributed by atoms with Crippen LogP contribution < -0.4 is 5.32 Å². The maximum atomic E-state index is 13.0. The van der Waals surface area contributed by atoms with Crippen LogP contribution in [-0.4, -0.2) is 44.3 Å². The number of amides is 1. The predicted octanol–water partition coefficient (Wildman–Crippen LogP) is 3.30. The molecular formula is C22H25ClN2O5S. The van der Waals surface area contributed by atoms with Crippen molar-refractivity contribution < 1.29 is 22.7 Å². The topological polar surface area (TPSA) is 92.8 Å². The minimum Gasteiger partial charge on any atom is -0.452 e. The standard InChI is InChI=1S/C22H25ClN2O5S/c1-16-8-9-18(13-20(16)31(28,29)25-10-3-2-4-11-25)22(27)30-15-21(26)24-14-17-6-5-7-19(23)12-17/h5-9,12-13H,2-4,10-11,14-15H2,1H3,(H,24,26). The number of carbonyl (C=O) groups excluding carboxylic acids is 2. The van der Waals surface area contributed by atoms with E-state index in [4.69, 9.17) is 16.3 Å². The van der Waals surface area contributed by atoms with Gasteiger partial charge in [0, 0.05) is 24.7 Å². The number of hydrogen-bond acceptors (Lipinski definition) is 5. The zero-order valence-electron chi connectivity index (χ0n) is 17.3. The summed E-state index contributed by atoms with van der Waals surface area (Å²) in [6.07, 6.45) is 2.66. The lowest BCUT2D eigenvalue weighted by atomic mass is 10.1. The van der Waals surface area contributed by atoms with Gasteiger partial charge >= 0.3 is 5.97 Å². The summed E-state index contributed by atoms with van der Waals surface area (Å²) < 4.78 is 32.5. The number of nitrogens with one attached hydrogen (secondary N) is 1. The highest BCUT2D eigenvalue weighted by molar-refractivity contribution is 7.89. The molecule has 0 unspecified atom stereocenters. The zero-order valence-corrected chi connectivity index (χ0v) is 18.8. The summed E-state index contributed by atoms with van der Waals surface area (Å²) in [7, 11) is -3.69. The highest BCUT2D eigenvalue weighted by Crippen LogP contribution is 2.24. The van der Waals surface area contributed by atoms with Crippen molar-refractivity contribution in [2.24, 2.45) is 0 Å². The summed E-state index contributed by atoms with van der Waals surface area (Å²) in [5, 5.41) is 3.21. The number of halogens is 1. The van der Waals surface area contributed by atoms with Gasteiger partial charge in [-0.15, -0.1) is 0 Å². The number of hydrogen-bond donors (Lipinski definition) is 1. The number of piperidine rings is 1. The SMILES string of the molecule is Cc1ccc(C(=O)OCC(=O)NCc2cccc(Cl)c2)cc1S(=O)(=O)N1CCCCC1. The molecule has 31 heavy (non-hydrogen) atoms. The van der Waals surface area contributed by atoms with Crippen molar-refractivity contribution in [2.75, 3.05) is 19.7 Å². The van der Waals surface area contributed by atoms with Crippen molar-refractivity contribution >= 4 is 33.5 Å². The van der Waals surface area contributed by atoms with Gasteiger partial charge in [0.05, 0.1) is 10.5 Å². The second-order valence-electron chi connectivity index (χ2n) is 7.43. The van der Waals surface area contributed by atoms with E-state index in [0.29, 0.717) is 23.7 Å². The maximum absolute atomic E-state index is 13.0. The molecule has 2 aromatic carbocycles. The average Bonchev–Trinajstić information content (AvgIpc) is 2.77. The fraction of sp³-hybridized carbons (Fsp3) is 0.364. The van der Waals surface area contributed by atoms with Gasteiger partial charge in [-0.2, -0.15) is 4.31 Å². The third kappa shape index (κ3) is 6.06. The van der Waals surface area contributed by atoms with Crippen LogP contribution in [0.5, 0.6) is 0 Å². The van der Waals surface area contributed by atoms with Gasteiger partial charge in [-0.25, -0.2) is 13.2 Å². The van der Waals surface area contributed by atoms with Crippen molar-refractivity contribution in [3.8, 4) is 0 Å². The fourth-order valence-electron chi connectivity index (χ4n) is 3.36. The molecule has 1 aliphatic rings. The number of benzene rings is 2. The van der Waals surface area contributed by atoms with Crippen LogP contribution in [-0.2, 0) is 26.1 Å². The Morgan fingerprint density at radius 3 is 2.55 bits per heavy atom. The van der Waals surface area contributed by atoms with Crippen LogP contribution in [0, 0.1) is 6.92 Å². The molecule has 0 aliphatic carbocycles. The Labute approximate surface area is 187 Å². The summed E-state index contributed by atoms with van der Waals surface area (Å²) in [6, 6.07) is 11.4. The van der Waals surface area contributed by atoms with Crippen LogP contribution >= 0.6 is 11.6 Å². The minimum atomic E-state index is -3.69. The van der Waals surface area contributed by atoms with Crippen molar-refractivity contribution in [1.29, 1.82) is 0 Å². The Morgan fingerprint density at radius 2 is 1.84 bits per heavy atom. The molecule has 1 aliphatic heterocycles. The second kappa shape index (κ2) is 10.3. The number of ether oxygens (including phenoxy) is 1. The van der Waals surface area contributed by atoms with Crippen LogP contribution in [0.25, 0.3) is 0 Å². The first kappa shape index (κ1) is 23.2. The van der Waals surface area contributed by atoms with E-state index < -0.39 is 28.5 Å². The summed E-state index contributed by atoms with van der Waals surface area (Å²) >= 11 is 5.91. The summed E-state index contributed by atoms with van der Waals surface area (Å²) in [5.74, 6) is -1.23. The largest absolute Gasteiger partial charge is 0.452 e. The first-order chi connectivity index (χ1) is 14.8. The molecular weight excluding hydrogens is 440 g/mol.